The Hall–Kier alpha value is -5.56. The maximum atomic E-state index is 14.3. The summed E-state index contributed by atoms with van der Waals surface area (Å²) in [6, 6.07) is 29.9. The summed E-state index contributed by atoms with van der Waals surface area (Å²) in [6.07, 6.45) is 5.11. The van der Waals surface area contributed by atoms with Crippen LogP contribution in [0.25, 0.3) is 0 Å². The number of amides is 4. The van der Waals surface area contributed by atoms with Crippen molar-refractivity contribution < 1.29 is 103 Å². The van der Waals surface area contributed by atoms with Crippen molar-refractivity contribution in [2.24, 2.45) is 0 Å². The van der Waals surface area contributed by atoms with Crippen molar-refractivity contribution in [1.29, 1.82) is 0 Å². The largest absolute Gasteiger partial charge is 0.493 e. The topological polar surface area (TPSA) is 217 Å². The minimum absolute atomic E-state index is 0. The summed E-state index contributed by atoms with van der Waals surface area (Å²) >= 11 is 0. The van der Waals surface area contributed by atoms with E-state index in [1.807, 2.05) is 97.3 Å². The molecule has 4 amide bonds. The Bertz CT molecular complexity index is 3440. The van der Waals surface area contributed by atoms with Crippen molar-refractivity contribution in [3.05, 3.63) is 147 Å². The number of anilines is 3. The normalized spacial score (nSPS) is 17.3. The van der Waals surface area contributed by atoms with Gasteiger partial charge in [-0.2, -0.15) is 14.8 Å². The van der Waals surface area contributed by atoms with E-state index in [0.29, 0.717) is 87.3 Å². The zero-order chi connectivity index (χ0) is 60.0. The van der Waals surface area contributed by atoms with Crippen LogP contribution in [0, 0.1) is 13.3 Å². The van der Waals surface area contributed by atoms with Gasteiger partial charge in [0.05, 0.1) is 40.1 Å². The second kappa shape index (κ2) is 28.7. The number of methoxy groups -OCH3 is 2. The van der Waals surface area contributed by atoms with Gasteiger partial charge in [0.1, 0.15) is 19.0 Å². The van der Waals surface area contributed by atoms with Gasteiger partial charge in [-0.15, -0.1) is 5.06 Å². The third-order valence-electron chi connectivity index (χ3n) is 15.8. The Balaban J connectivity index is 0.00000884. The number of ether oxygens (including phenoxy) is 6. The first kappa shape index (κ1) is 64.9. The summed E-state index contributed by atoms with van der Waals surface area (Å²) in [7, 11) is 0.931. The monoisotopic (exact) mass is 1310 g/mol. The number of imide groups is 1. The predicted molar refractivity (Wildman–Crippen MR) is 324 cm³/mol. The van der Waals surface area contributed by atoms with Crippen LogP contribution in [-0.2, 0) is 115 Å². The fourth-order valence-corrected chi connectivity index (χ4v) is 15.0. The molecule has 0 bridgehead atoms. The number of hydrogen-bond acceptors (Lipinski definition) is 17. The van der Waals surface area contributed by atoms with Gasteiger partial charge in [0, 0.05) is 110 Å². The van der Waals surface area contributed by atoms with Gasteiger partial charge in [0.2, 0.25) is 0 Å². The van der Waals surface area contributed by atoms with Crippen LogP contribution < -0.4 is 28.9 Å². The maximum Gasteiger partial charge on any atom is 0.353 e. The quantitative estimate of drug-likeness (QED) is 0.0171. The van der Waals surface area contributed by atoms with Gasteiger partial charge in [0.25, 0.3) is 33.7 Å². The van der Waals surface area contributed by atoms with Crippen LogP contribution in [0.1, 0.15) is 99.2 Å². The third-order valence-corrected chi connectivity index (χ3v) is 20.2. The van der Waals surface area contributed by atoms with Crippen LogP contribution in [0.3, 0.4) is 0 Å². The van der Waals surface area contributed by atoms with Crippen molar-refractivity contribution in [3.63, 3.8) is 0 Å². The minimum atomic E-state index is -4.98. The van der Waals surface area contributed by atoms with Crippen molar-refractivity contribution in [2.75, 3.05) is 80.8 Å². The number of nitrogens with zero attached hydrogens (tertiary/aromatic N) is 4. The van der Waals surface area contributed by atoms with Crippen LogP contribution in [0.5, 0.6) is 17.2 Å². The van der Waals surface area contributed by atoms with E-state index in [4.69, 9.17) is 33.3 Å². The van der Waals surface area contributed by atoms with E-state index in [0.717, 1.165) is 69.7 Å². The first-order valence-corrected chi connectivity index (χ1v) is 32.3. The molecule has 0 aliphatic carbocycles. The number of fused-ring (bicyclic) bond motifs is 8. The first-order chi connectivity index (χ1) is 40.9. The molecule has 5 heterocycles. The third kappa shape index (κ3) is 15.1. The molecule has 86 heavy (non-hydrogen) atoms. The van der Waals surface area contributed by atoms with E-state index in [1.54, 1.807) is 20.3 Å². The molecule has 455 valence electrons. The number of para-hydroxylation sites is 2. The first-order valence-electron chi connectivity index (χ1n) is 28.5. The molecule has 1 radical (unpaired) electrons. The number of carbonyl (C=O) groups excluding carboxylic acids is 5. The van der Waals surface area contributed by atoms with Crippen LogP contribution in [0.2, 0.25) is 0 Å². The van der Waals surface area contributed by atoms with Gasteiger partial charge in [-0.05, 0) is 141 Å². The SMILES string of the molecule is COCCOCCOCCN(CC(C)(C)SSCCC(C(=O)ON1C(=O)CCC1=O)S(=O)(=O)O)c1cc(COc2cc3c(cc2C)C(=O)N2c4ccccc4C[C@H]2CC3)cc(COc2cc3c(cc2OC)C(=O)N2c4ccccc4C[C@H]2[CH-]C3)c1.[Y]. The van der Waals surface area contributed by atoms with E-state index in [9.17, 15) is 36.9 Å². The Morgan fingerprint density at radius 3 is 2.05 bits per heavy atom. The van der Waals surface area contributed by atoms with Crippen LogP contribution in [-0.4, -0.2) is 136 Å². The molecule has 0 spiro atoms. The summed E-state index contributed by atoms with van der Waals surface area (Å²) in [5.41, 5.74) is 10.5. The number of hydroxylamine groups is 2. The van der Waals surface area contributed by atoms with Crippen molar-refractivity contribution >= 4 is 78.4 Å². The molecule has 10 rings (SSSR count). The summed E-state index contributed by atoms with van der Waals surface area (Å²) < 4.78 is 70.6. The van der Waals surface area contributed by atoms with Gasteiger partial charge in [-0.3, -0.25) is 23.7 Å². The number of rotatable bonds is 27. The molecule has 5 aliphatic rings. The minimum Gasteiger partial charge on any atom is -0.493 e. The van der Waals surface area contributed by atoms with Crippen LogP contribution in [0.15, 0.2) is 91.0 Å². The number of hydrogen-bond donors (Lipinski definition) is 1. The van der Waals surface area contributed by atoms with Gasteiger partial charge < -0.3 is 54.4 Å². The van der Waals surface area contributed by atoms with Crippen molar-refractivity contribution in [1.82, 2.24) is 5.06 Å². The van der Waals surface area contributed by atoms with Crippen LogP contribution >= 0.6 is 21.6 Å². The van der Waals surface area contributed by atoms with Gasteiger partial charge >= 0.3 is 5.97 Å². The second-order valence-corrected chi connectivity index (χ2v) is 27.0. The van der Waals surface area contributed by atoms with Crippen molar-refractivity contribution in [2.45, 2.75) is 107 Å². The summed E-state index contributed by atoms with van der Waals surface area (Å²) in [5.74, 6) is -1.44. The van der Waals surface area contributed by atoms with Gasteiger partial charge in [-0.1, -0.05) is 69.6 Å². The van der Waals surface area contributed by atoms with Crippen molar-refractivity contribution in [3.8, 4) is 17.2 Å². The Kier molecular flexibility index (Phi) is 21.7. The molecular weight excluding hydrogens is 1240 g/mol. The van der Waals surface area contributed by atoms with E-state index < -0.39 is 37.9 Å². The smallest absolute Gasteiger partial charge is 0.353 e. The number of benzene rings is 5. The molecule has 1 N–H and O–H groups in total. The summed E-state index contributed by atoms with van der Waals surface area (Å²) in [4.78, 5) is 76.8. The molecule has 19 nitrogen and oxygen atoms in total. The maximum absolute atomic E-state index is 14.3. The Labute approximate surface area is 535 Å². The average molecular weight is 1310 g/mol. The molecule has 3 atom stereocenters. The molecule has 5 aromatic carbocycles. The van der Waals surface area contributed by atoms with Crippen LogP contribution in [0.4, 0.5) is 17.1 Å². The molecule has 5 aromatic rings. The Morgan fingerprint density at radius 2 is 1.36 bits per heavy atom. The zero-order valence-electron chi connectivity index (χ0n) is 49.0. The molecule has 23 heteroatoms. The number of carbonyl (C=O) groups is 5. The molecule has 1 unspecified atom stereocenters. The fourth-order valence-electron chi connectivity index (χ4n) is 11.6. The number of aryl methyl sites for hydroxylation is 2. The molecule has 0 saturated carbocycles. The standard InChI is InChI=1S/C63H71N4O15S3.Y/c1-40-28-50-43(14-16-47-32-45-10-6-8-12-52(45)65(47)60(50)70)34-54(40)80-37-41-29-42(38-81-56-35-44-15-17-48-33-46-11-7-9-13-53(46)66(48)61(71)51(44)36-55(56)77-5)31-49(30-41)64(21-22-78-25-26-79-24-23-76-4)39-63(2,3)84-83-27-20-57(85(73,74)75)62(72)82-67-58(68)18-19-59(67)69;/h6-13,17,28-31,34-36,47-48,57H,14-16,18-27,32-33,37-39H2,1-5H3,(H,73,74,75);/q-1;/t47-,48-,57?;/m1./s1. The molecule has 1 saturated heterocycles. The molecule has 1 fully saturated rings. The van der Waals surface area contributed by atoms with E-state index in [1.165, 1.54) is 27.2 Å². The molecule has 0 aromatic heterocycles. The van der Waals surface area contributed by atoms with E-state index >= 15 is 0 Å². The summed E-state index contributed by atoms with van der Waals surface area (Å²) in [6.45, 7) is 9.04. The van der Waals surface area contributed by atoms with Gasteiger partial charge in [0.15, 0.2) is 16.7 Å². The van der Waals surface area contributed by atoms with E-state index in [2.05, 4.69) is 29.5 Å². The van der Waals surface area contributed by atoms with Gasteiger partial charge in [-0.25, -0.2) is 4.79 Å². The average Bonchev–Trinajstić information content (AvgIpc) is 1.70. The molecular formula is C63H71N4O15S3Y-. The Morgan fingerprint density at radius 1 is 0.744 bits per heavy atom. The predicted octanol–water partition coefficient (Wildman–Crippen LogP) is 8.91. The second-order valence-electron chi connectivity index (χ2n) is 22.3. The zero-order valence-corrected chi connectivity index (χ0v) is 54.2. The fraction of sp³-hybridized carbons (Fsp3) is 0.429. The summed E-state index contributed by atoms with van der Waals surface area (Å²) in [5, 5.41) is -1.77. The van der Waals surface area contributed by atoms with E-state index in [-0.39, 0.29) is 99.9 Å². The molecule has 5 aliphatic heterocycles.